The Balaban J connectivity index is 2.36. The van der Waals surface area contributed by atoms with Gasteiger partial charge in [0.05, 0.1) is 0 Å². The predicted molar refractivity (Wildman–Crippen MR) is 58.6 cm³/mol. The SMILES string of the molecule is CC1=CC(c2cccnc2)=CC(C)N1. The average Bonchev–Trinajstić information content (AvgIpc) is 2.18. The highest BCUT2D eigenvalue weighted by molar-refractivity contribution is 5.75. The Hall–Kier alpha value is -1.57. The normalized spacial score (nSPS) is 20.9. The molecule has 72 valence electrons. The largest absolute Gasteiger partial charge is 0.383 e. The molecule has 0 aromatic carbocycles. The first-order chi connectivity index (χ1) is 6.75. The number of allylic oxidation sites excluding steroid dienone is 3. The van der Waals surface area contributed by atoms with Crippen LogP contribution >= 0.6 is 0 Å². The fourth-order valence-electron chi connectivity index (χ4n) is 1.71. The van der Waals surface area contributed by atoms with Crippen molar-refractivity contribution in [3.63, 3.8) is 0 Å². The summed E-state index contributed by atoms with van der Waals surface area (Å²) in [7, 11) is 0. The minimum atomic E-state index is 0.398. The number of dihydropyridines is 1. The van der Waals surface area contributed by atoms with Gasteiger partial charge in [0.15, 0.2) is 0 Å². The van der Waals surface area contributed by atoms with Crippen LogP contribution in [0.15, 0.2) is 42.4 Å². The fraction of sp³-hybridized carbons (Fsp3) is 0.250. The van der Waals surface area contributed by atoms with E-state index in [1.54, 1.807) is 6.20 Å². The zero-order valence-corrected chi connectivity index (χ0v) is 8.49. The summed E-state index contributed by atoms with van der Waals surface area (Å²) in [6.45, 7) is 4.23. The first kappa shape index (κ1) is 9.00. The van der Waals surface area contributed by atoms with E-state index in [0.717, 1.165) is 0 Å². The number of nitrogens with zero attached hydrogens (tertiary/aromatic N) is 1. The van der Waals surface area contributed by atoms with Gasteiger partial charge in [-0.1, -0.05) is 12.1 Å². The molecule has 2 rings (SSSR count). The van der Waals surface area contributed by atoms with Gasteiger partial charge in [0.2, 0.25) is 0 Å². The quantitative estimate of drug-likeness (QED) is 0.728. The molecule has 14 heavy (non-hydrogen) atoms. The lowest BCUT2D eigenvalue weighted by molar-refractivity contribution is 0.721. The molecule has 1 unspecified atom stereocenters. The minimum Gasteiger partial charge on any atom is -0.383 e. The van der Waals surface area contributed by atoms with Crippen LogP contribution in [0.1, 0.15) is 19.4 Å². The molecule has 1 aromatic rings. The Morgan fingerprint density at radius 3 is 2.93 bits per heavy atom. The minimum absolute atomic E-state index is 0.398. The maximum absolute atomic E-state index is 4.12. The maximum atomic E-state index is 4.12. The van der Waals surface area contributed by atoms with Crippen LogP contribution < -0.4 is 5.32 Å². The summed E-state index contributed by atoms with van der Waals surface area (Å²) in [5.41, 5.74) is 3.64. The Morgan fingerprint density at radius 1 is 1.43 bits per heavy atom. The third kappa shape index (κ3) is 1.84. The number of aromatic nitrogens is 1. The van der Waals surface area contributed by atoms with Crippen molar-refractivity contribution < 1.29 is 0 Å². The highest BCUT2D eigenvalue weighted by atomic mass is 14.9. The van der Waals surface area contributed by atoms with Crippen LogP contribution in [0.25, 0.3) is 5.57 Å². The molecule has 0 radical (unpaired) electrons. The predicted octanol–water partition coefficient (Wildman–Crippen LogP) is 2.36. The summed E-state index contributed by atoms with van der Waals surface area (Å²) in [6.07, 6.45) is 8.06. The number of hydrogen-bond donors (Lipinski definition) is 1. The van der Waals surface area contributed by atoms with Gasteiger partial charge in [0, 0.05) is 24.1 Å². The van der Waals surface area contributed by atoms with Gasteiger partial charge in [-0.15, -0.1) is 0 Å². The van der Waals surface area contributed by atoms with Crippen LogP contribution in [0.2, 0.25) is 0 Å². The average molecular weight is 186 g/mol. The van der Waals surface area contributed by atoms with Crippen LogP contribution in [0.3, 0.4) is 0 Å². The maximum Gasteiger partial charge on any atom is 0.0422 e. The number of nitrogens with one attached hydrogen (secondary N) is 1. The summed E-state index contributed by atoms with van der Waals surface area (Å²) in [4.78, 5) is 4.12. The number of hydrogen-bond acceptors (Lipinski definition) is 2. The Kier molecular flexibility index (Phi) is 2.35. The Labute approximate surface area is 84.4 Å². The van der Waals surface area contributed by atoms with Gasteiger partial charge in [-0.05, 0) is 37.1 Å². The summed E-state index contributed by atoms with van der Waals surface area (Å²) in [6, 6.07) is 4.45. The molecule has 1 aliphatic rings. The molecule has 0 fully saturated rings. The van der Waals surface area contributed by atoms with Gasteiger partial charge in [-0.2, -0.15) is 0 Å². The Bertz CT molecular complexity index is 377. The topological polar surface area (TPSA) is 24.9 Å². The van der Waals surface area contributed by atoms with E-state index in [-0.39, 0.29) is 0 Å². The molecule has 1 aromatic heterocycles. The van der Waals surface area contributed by atoms with Crippen molar-refractivity contribution in [3.05, 3.63) is 47.9 Å². The molecule has 2 heterocycles. The first-order valence-electron chi connectivity index (χ1n) is 4.83. The van der Waals surface area contributed by atoms with Gasteiger partial charge >= 0.3 is 0 Å². The van der Waals surface area contributed by atoms with Crippen molar-refractivity contribution in [3.8, 4) is 0 Å². The van der Waals surface area contributed by atoms with Crippen LogP contribution in [0.5, 0.6) is 0 Å². The monoisotopic (exact) mass is 186 g/mol. The van der Waals surface area contributed by atoms with Crippen LogP contribution in [0.4, 0.5) is 0 Å². The van der Waals surface area contributed by atoms with Gasteiger partial charge in [0.1, 0.15) is 0 Å². The molecule has 0 spiro atoms. The van der Waals surface area contributed by atoms with E-state index in [1.165, 1.54) is 16.8 Å². The summed E-state index contributed by atoms with van der Waals surface area (Å²) < 4.78 is 0. The van der Waals surface area contributed by atoms with Crippen molar-refractivity contribution in [1.82, 2.24) is 10.3 Å². The number of pyridine rings is 1. The highest BCUT2D eigenvalue weighted by Gasteiger charge is 2.08. The van der Waals surface area contributed by atoms with Crippen LogP contribution in [0, 0.1) is 0 Å². The third-order valence-corrected chi connectivity index (χ3v) is 2.25. The van der Waals surface area contributed by atoms with Crippen molar-refractivity contribution in [1.29, 1.82) is 0 Å². The Morgan fingerprint density at radius 2 is 2.29 bits per heavy atom. The molecule has 2 heteroatoms. The van der Waals surface area contributed by atoms with E-state index in [1.807, 2.05) is 12.3 Å². The van der Waals surface area contributed by atoms with Crippen molar-refractivity contribution in [2.45, 2.75) is 19.9 Å². The molecule has 0 saturated carbocycles. The second-order valence-corrected chi connectivity index (χ2v) is 3.62. The lowest BCUT2D eigenvalue weighted by Crippen LogP contribution is -2.24. The zero-order chi connectivity index (χ0) is 9.97. The summed E-state index contributed by atoms with van der Waals surface area (Å²) >= 11 is 0. The van der Waals surface area contributed by atoms with Crippen LogP contribution in [-0.2, 0) is 0 Å². The van der Waals surface area contributed by atoms with Crippen molar-refractivity contribution >= 4 is 5.57 Å². The molecule has 0 amide bonds. The van der Waals surface area contributed by atoms with E-state index >= 15 is 0 Å². The molecule has 1 N–H and O–H groups in total. The molecule has 1 atom stereocenters. The van der Waals surface area contributed by atoms with Gasteiger partial charge < -0.3 is 5.32 Å². The lowest BCUT2D eigenvalue weighted by atomic mass is 10.0. The van der Waals surface area contributed by atoms with Gasteiger partial charge in [0.25, 0.3) is 0 Å². The molecular formula is C12H14N2. The van der Waals surface area contributed by atoms with Crippen molar-refractivity contribution in [2.75, 3.05) is 0 Å². The molecular weight excluding hydrogens is 172 g/mol. The van der Waals surface area contributed by atoms with E-state index < -0.39 is 0 Å². The standard InChI is InChI=1S/C12H14N2/c1-9-6-12(7-10(2)14-9)11-4-3-5-13-8-11/h3-9,14H,1-2H3. The zero-order valence-electron chi connectivity index (χ0n) is 8.49. The first-order valence-corrected chi connectivity index (χ1v) is 4.83. The van der Waals surface area contributed by atoms with E-state index in [4.69, 9.17) is 0 Å². The third-order valence-electron chi connectivity index (χ3n) is 2.25. The van der Waals surface area contributed by atoms with Gasteiger partial charge in [-0.3, -0.25) is 4.98 Å². The van der Waals surface area contributed by atoms with Crippen molar-refractivity contribution in [2.24, 2.45) is 0 Å². The molecule has 0 saturated heterocycles. The second-order valence-electron chi connectivity index (χ2n) is 3.62. The summed E-state index contributed by atoms with van der Waals surface area (Å²) in [5, 5.41) is 3.34. The van der Waals surface area contributed by atoms with Crippen LogP contribution in [-0.4, -0.2) is 11.0 Å². The molecule has 1 aliphatic heterocycles. The lowest BCUT2D eigenvalue weighted by Gasteiger charge is -2.19. The molecule has 0 aliphatic carbocycles. The van der Waals surface area contributed by atoms with E-state index in [0.29, 0.717) is 6.04 Å². The highest BCUT2D eigenvalue weighted by Crippen LogP contribution is 2.19. The number of rotatable bonds is 1. The summed E-state index contributed by atoms with van der Waals surface area (Å²) in [5.74, 6) is 0. The van der Waals surface area contributed by atoms with E-state index in [9.17, 15) is 0 Å². The second kappa shape index (κ2) is 3.66. The fourth-order valence-corrected chi connectivity index (χ4v) is 1.71. The molecule has 0 bridgehead atoms. The molecule has 2 nitrogen and oxygen atoms in total. The van der Waals surface area contributed by atoms with E-state index in [2.05, 4.69) is 42.4 Å². The van der Waals surface area contributed by atoms with Gasteiger partial charge in [-0.25, -0.2) is 0 Å². The smallest absolute Gasteiger partial charge is 0.0422 e.